The highest BCUT2D eigenvalue weighted by atomic mass is 35.5. The van der Waals surface area contributed by atoms with Crippen molar-refractivity contribution in [3.05, 3.63) is 28.5 Å². The number of hydrogen-bond donors (Lipinski definition) is 0. The molecule has 1 heterocycles. The van der Waals surface area contributed by atoms with E-state index >= 15 is 0 Å². The first-order valence-electron chi connectivity index (χ1n) is 2.81. The smallest absolute Gasteiger partial charge is 0.226 e. The highest BCUT2D eigenvalue weighted by Crippen LogP contribution is 2.27. The average Bonchev–Trinajstić information content (AvgIpc) is 1.97. The van der Waals surface area contributed by atoms with Gasteiger partial charge in [-0.2, -0.15) is 4.39 Å². The van der Waals surface area contributed by atoms with Crippen LogP contribution in [-0.4, -0.2) is 4.98 Å². The largest absolute Gasteiger partial charge is 0.271 e. The van der Waals surface area contributed by atoms with Gasteiger partial charge in [0.05, 0.1) is 11.2 Å². The van der Waals surface area contributed by atoms with E-state index < -0.39 is 28.8 Å². The first kappa shape index (κ1) is 9.25. The Morgan fingerprint density at radius 1 is 1.33 bits per heavy atom. The predicted molar refractivity (Wildman–Crippen MR) is 34.1 cm³/mol. The van der Waals surface area contributed by atoms with Crippen molar-refractivity contribution in [2.45, 2.75) is 6.43 Å². The van der Waals surface area contributed by atoms with Crippen LogP contribution in [0.15, 0.2) is 6.20 Å². The van der Waals surface area contributed by atoms with Crippen LogP contribution in [0, 0.1) is 11.8 Å². The molecule has 0 radical (unpaired) electrons. The van der Waals surface area contributed by atoms with Gasteiger partial charge in [0.25, 0.3) is 6.43 Å². The second-order valence-electron chi connectivity index (χ2n) is 1.93. The van der Waals surface area contributed by atoms with Crippen LogP contribution in [0.3, 0.4) is 0 Å². The molecule has 0 amide bonds. The second-order valence-corrected chi connectivity index (χ2v) is 2.33. The molecule has 0 N–H and O–H groups in total. The maximum absolute atomic E-state index is 12.6. The first-order chi connectivity index (χ1) is 5.54. The summed E-state index contributed by atoms with van der Waals surface area (Å²) in [7, 11) is 0. The van der Waals surface area contributed by atoms with Crippen molar-refractivity contribution in [3.8, 4) is 0 Å². The topological polar surface area (TPSA) is 12.9 Å². The fraction of sp³-hybridized carbons (Fsp3) is 0.167. The lowest BCUT2D eigenvalue weighted by Crippen LogP contribution is -1.99. The number of pyridine rings is 1. The molecular weight excluding hydrogens is 198 g/mol. The van der Waals surface area contributed by atoms with E-state index in [2.05, 4.69) is 4.98 Å². The van der Waals surface area contributed by atoms with E-state index in [1.54, 1.807) is 0 Å². The summed E-state index contributed by atoms with van der Waals surface area (Å²) in [5.74, 6) is -2.99. The van der Waals surface area contributed by atoms with Crippen LogP contribution in [0.1, 0.15) is 12.0 Å². The lowest BCUT2D eigenvalue weighted by Gasteiger charge is -2.02. The highest BCUT2D eigenvalue weighted by molar-refractivity contribution is 6.30. The summed E-state index contributed by atoms with van der Waals surface area (Å²) < 4.78 is 48.8. The Hall–Kier alpha value is -0.840. The van der Waals surface area contributed by atoms with Gasteiger partial charge in [-0.3, -0.25) is 0 Å². The Bertz CT molecular complexity index is 302. The molecule has 0 saturated heterocycles. The highest BCUT2D eigenvalue weighted by Gasteiger charge is 2.22. The summed E-state index contributed by atoms with van der Waals surface area (Å²) in [6, 6.07) is 0. The van der Waals surface area contributed by atoms with E-state index in [0.29, 0.717) is 6.20 Å². The van der Waals surface area contributed by atoms with Crippen LogP contribution in [0.25, 0.3) is 0 Å². The van der Waals surface area contributed by atoms with E-state index in [1.165, 1.54) is 0 Å². The zero-order chi connectivity index (χ0) is 9.30. The SMILES string of the molecule is Fc1ncc(Cl)c(F)c1C(F)F. The second kappa shape index (κ2) is 3.26. The predicted octanol–water partition coefficient (Wildman–Crippen LogP) is 2.95. The molecule has 0 atom stereocenters. The fourth-order valence-corrected chi connectivity index (χ4v) is 0.795. The van der Waals surface area contributed by atoms with Crippen molar-refractivity contribution in [2.75, 3.05) is 0 Å². The Balaban J connectivity index is 3.33. The molecule has 0 unspecified atom stereocenters. The Morgan fingerprint density at radius 3 is 2.33 bits per heavy atom. The fourth-order valence-electron chi connectivity index (χ4n) is 0.645. The lowest BCUT2D eigenvalue weighted by molar-refractivity contribution is 0.139. The molecule has 1 rings (SSSR count). The van der Waals surface area contributed by atoms with Gasteiger partial charge in [-0.15, -0.1) is 0 Å². The zero-order valence-corrected chi connectivity index (χ0v) is 6.25. The van der Waals surface area contributed by atoms with Crippen LogP contribution < -0.4 is 0 Å². The Kier molecular flexibility index (Phi) is 2.52. The minimum atomic E-state index is -3.25. The molecule has 0 aromatic carbocycles. The van der Waals surface area contributed by atoms with Crippen molar-refractivity contribution in [1.29, 1.82) is 0 Å². The molecule has 0 fully saturated rings. The summed E-state index contributed by atoms with van der Waals surface area (Å²) in [6.45, 7) is 0. The monoisotopic (exact) mass is 199 g/mol. The van der Waals surface area contributed by atoms with Crippen LogP contribution in [0.4, 0.5) is 17.6 Å². The van der Waals surface area contributed by atoms with Gasteiger partial charge in [-0.1, -0.05) is 11.6 Å². The summed E-state index contributed by atoms with van der Waals surface area (Å²) in [5.41, 5.74) is -1.39. The van der Waals surface area contributed by atoms with Gasteiger partial charge >= 0.3 is 0 Å². The Morgan fingerprint density at radius 2 is 1.92 bits per heavy atom. The average molecular weight is 200 g/mol. The maximum Gasteiger partial charge on any atom is 0.271 e. The number of aromatic nitrogens is 1. The number of hydrogen-bond acceptors (Lipinski definition) is 1. The van der Waals surface area contributed by atoms with E-state index in [9.17, 15) is 17.6 Å². The molecule has 12 heavy (non-hydrogen) atoms. The Labute approximate surface area is 70.0 Å². The lowest BCUT2D eigenvalue weighted by atomic mass is 10.3. The van der Waals surface area contributed by atoms with Crippen molar-refractivity contribution in [2.24, 2.45) is 0 Å². The molecule has 0 aliphatic heterocycles. The summed E-state index contributed by atoms with van der Waals surface area (Å²) in [5, 5.41) is -0.619. The molecule has 66 valence electrons. The standard InChI is InChI=1S/C6H2ClF4N/c7-2-1-12-6(11)3(4(2)8)5(9)10/h1,5H. The molecule has 0 aliphatic carbocycles. The third kappa shape index (κ3) is 1.50. The van der Waals surface area contributed by atoms with Crippen LogP contribution in [0.2, 0.25) is 5.02 Å². The quantitative estimate of drug-likeness (QED) is 0.501. The first-order valence-corrected chi connectivity index (χ1v) is 3.19. The van der Waals surface area contributed by atoms with Gasteiger partial charge in [0, 0.05) is 0 Å². The van der Waals surface area contributed by atoms with Gasteiger partial charge in [0.2, 0.25) is 5.95 Å². The van der Waals surface area contributed by atoms with Gasteiger partial charge in [0.1, 0.15) is 5.56 Å². The molecule has 1 aromatic heterocycles. The minimum Gasteiger partial charge on any atom is -0.226 e. The van der Waals surface area contributed by atoms with Crippen LogP contribution in [-0.2, 0) is 0 Å². The van der Waals surface area contributed by atoms with Crippen LogP contribution in [0.5, 0.6) is 0 Å². The van der Waals surface area contributed by atoms with Crippen LogP contribution >= 0.6 is 11.6 Å². The number of alkyl halides is 2. The van der Waals surface area contributed by atoms with Gasteiger partial charge in [-0.25, -0.2) is 18.2 Å². The molecule has 0 bridgehead atoms. The molecule has 0 spiro atoms. The van der Waals surface area contributed by atoms with E-state index in [4.69, 9.17) is 11.6 Å². The third-order valence-corrected chi connectivity index (χ3v) is 1.44. The van der Waals surface area contributed by atoms with E-state index in [0.717, 1.165) is 0 Å². The molecule has 0 saturated carbocycles. The normalized spacial score (nSPS) is 10.8. The molecule has 0 aliphatic rings. The van der Waals surface area contributed by atoms with E-state index in [-0.39, 0.29) is 0 Å². The van der Waals surface area contributed by atoms with Crippen molar-refractivity contribution >= 4 is 11.6 Å². The van der Waals surface area contributed by atoms with Crippen molar-refractivity contribution in [1.82, 2.24) is 4.98 Å². The maximum atomic E-state index is 12.6. The number of nitrogens with zero attached hydrogens (tertiary/aromatic N) is 1. The van der Waals surface area contributed by atoms with Crippen molar-refractivity contribution in [3.63, 3.8) is 0 Å². The van der Waals surface area contributed by atoms with Gasteiger partial charge < -0.3 is 0 Å². The number of halogens is 5. The molecule has 1 nitrogen and oxygen atoms in total. The third-order valence-electron chi connectivity index (χ3n) is 1.18. The molecule has 6 heteroatoms. The van der Waals surface area contributed by atoms with Gasteiger partial charge in [0.15, 0.2) is 5.82 Å². The summed E-state index contributed by atoms with van der Waals surface area (Å²) in [4.78, 5) is 2.84. The summed E-state index contributed by atoms with van der Waals surface area (Å²) in [6.07, 6.45) is -2.62. The van der Waals surface area contributed by atoms with Crippen molar-refractivity contribution < 1.29 is 17.6 Å². The molecule has 1 aromatic rings. The minimum absolute atomic E-state index is 0.619. The molecular formula is C6H2ClF4N. The van der Waals surface area contributed by atoms with E-state index in [1.807, 2.05) is 0 Å². The summed E-state index contributed by atoms with van der Waals surface area (Å²) >= 11 is 5.09. The number of rotatable bonds is 1. The zero-order valence-electron chi connectivity index (χ0n) is 5.49. The van der Waals surface area contributed by atoms with Gasteiger partial charge in [-0.05, 0) is 0 Å².